The minimum Gasteiger partial charge on any atom is -0.489 e. The summed E-state index contributed by atoms with van der Waals surface area (Å²) in [5.74, 6) is 1.17. The van der Waals surface area contributed by atoms with Crippen molar-refractivity contribution in [2.75, 3.05) is 5.32 Å². The molecular formula is C15H18ClN3O3. The maximum absolute atomic E-state index is 11.8. The Morgan fingerprint density at radius 1 is 1.41 bits per heavy atom. The molecule has 1 aromatic heterocycles. The molecule has 0 fully saturated rings. The lowest BCUT2D eigenvalue weighted by molar-refractivity contribution is 0.242. The Balaban J connectivity index is 1.89. The van der Waals surface area contributed by atoms with Crippen molar-refractivity contribution in [2.45, 2.75) is 33.4 Å². The zero-order valence-corrected chi connectivity index (χ0v) is 13.4. The predicted molar refractivity (Wildman–Crippen MR) is 84.3 cm³/mol. The fourth-order valence-corrected chi connectivity index (χ4v) is 2.00. The Labute approximate surface area is 133 Å². The molecule has 7 heteroatoms. The SMILES string of the molecule is Cc1cc(CNC(=O)Nc2ccc(OC(C)C)c(Cl)c2)on1. The van der Waals surface area contributed by atoms with Crippen LogP contribution >= 0.6 is 11.6 Å². The molecule has 2 amide bonds. The number of aromatic nitrogens is 1. The zero-order chi connectivity index (χ0) is 16.1. The monoisotopic (exact) mass is 323 g/mol. The number of rotatable bonds is 5. The van der Waals surface area contributed by atoms with E-state index >= 15 is 0 Å². The Morgan fingerprint density at radius 2 is 2.18 bits per heavy atom. The van der Waals surface area contributed by atoms with E-state index in [1.165, 1.54) is 0 Å². The van der Waals surface area contributed by atoms with Crippen molar-refractivity contribution in [3.8, 4) is 5.75 Å². The average molecular weight is 324 g/mol. The van der Waals surface area contributed by atoms with Crippen LogP contribution in [0.25, 0.3) is 0 Å². The summed E-state index contributed by atoms with van der Waals surface area (Å²) in [4.78, 5) is 11.8. The number of nitrogens with one attached hydrogen (secondary N) is 2. The number of benzene rings is 1. The standard InChI is InChI=1S/C15H18ClN3O3/c1-9(2)21-14-5-4-11(7-13(14)16)18-15(20)17-8-12-6-10(3)19-22-12/h4-7,9H,8H2,1-3H3,(H2,17,18,20). The summed E-state index contributed by atoms with van der Waals surface area (Å²) in [6, 6.07) is 6.48. The van der Waals surface area contributed by atoms with Gasteiger partial charge in [-0.25, -0.2) is 4.79 Å². The van der Waals surface area contributed by atoms with Gasteiger partial charge >= 0.3 is 6.03 Å². The molecule has 118 valence electrons. The highest BCUT2D eigenvalue weighted by Crippen LogP contribution is 2.28. The number of nitrogens with zero attached hydrogens (tertiary/aromatic N) is 1. The van der Waals surface area contributed by atoms with Crippen molar-refractivity contribution < 1.29 is 14.1 Å². The summed E-state index contributed by atoms with van der Waals surface area (Å²) >= 11 is 6.11. The summed E-state index contributed by atoms with van der Waals surface area (Å²) in [5, 5.41) is 9.54. The molecule has 0 atom stereocenters. The van der Waals surface area contributed by atoms with E-state index in [1.54, 1.807) is 24.3 Å². The first kappa shape index (κ1) is 16.2. The van der Waals surface area contributed by atoms with Crippen LogP contribution in [0.5, 0.6) is 5.75 Å². The van der Waals surface area contributed by atoms with Crippen molar-refractivity contribution >= 4 is 23.3 Å². The lowest BCUT2D eigenvalue weighted by atomic mass is 10.3. The number of halogens is 1. The largest absolute Gasteiger partial charge is 0.489 e. The van der Waals surface area contributed by atoms with E-state index in [9.17, 15) is 4.79 Å². The Hall–Kier alpha value is -2.21. The molecule has 2 rings (SSSR count). The van der Waals surface area contributed by atoms with Gasteiger partial charge in [0.05, 0.1) is 23.4 Å². The third-order valence-corrected chi connectivity index (χ3v) is 2.95. The summed E-state index contributed by atoms with van der Waals surface area (Å²) in [6.45, 7) is 5.91. The number of hydrogen-bond donors (Lipinski definition) is 2. The number of urea groups is 1. The van der Waals surface area contributed by atoms with Crippen molar-refractivity contribution in [3.63, 3.8) is 0 Å². The molecular weight excluding hydrogens is 306 g/mol. The molecule has 0 saturated heterocycles. The number of carbonyl (C=O) groups is 1. The average Bonchev–Trinajstić information content (AvgIpc) is 2.85. The van der Waals surface area contributed by atoms with E-state index < -0.39 is 0 Å². The van der Waals surface area contributed by atoms with Gasteiger partial charge in [0.25, 0.3) is 0 Å². The van der Waals surface area contributed by atoms with E-state index in [4.69, 9.17) is 20.9 Å². The van der Waals surface area contributed by atoms with Gasteiger partial charge in [-0.1, -0.05) is 16.8 Å². The van der Waals surface area contributed by atoms with Crippen LogP contribution in [0.3, 0.4) is 0 Å². The first-order chi connectivity index (χ1) is 10.4. The topological polar surface area (TPSA) is 76.4 Å². The van der Waals surface area contributed by atoms with Crippen molar-refractivity contribution in [2.24, 2.45) is 0 Å². The first-order valence-electron chi connectivity index (χ1n) is 6.87. The summed E-state index contributed by atoms with van der Waals surface area (Å²) in [5.41, 5.74) is 1.34. The molecule has 2 aromatic rings. The van der Waals surface area contributed by atoms with Crippen molar-refractivity contribution in [3.05, 3.63) is 40.7 Å². The van der Waals surface area contributed by atoms with E-state index in [2.05, 4.69) is 15.8 Å². The molecule has 1 aromatic carbocycles. The highest BCUT2D eigenvalue weighted by atomic mass is 35.5. The fraction of sp³-hybridized carbons (Fsp3) is 0.333. The number of anilines is 1. The molecule has 0 bridgehead atoms. The predicted octanol–water partition coefficient (Wildman–Crippen LogP) is 3.75. The Kier molecular flexibility index (Phi) is 5.27. The molecule has 0 saturated carbocycles. The summed E-state index contributed by atoms with van der Waals surface area (Å²) in [6.07, 6.45) is 0.0324. The maximum Gasteiger partial charge on any atom is 0.319 e. The minimum absolute atomic E-state index is 0.0324. The maximum atomic E-state index is 11.8. The third-order valence-electron chi connectivity index (χ3n) is 2.65. The molecule has 6 nitrogen and oxygen atoms in total. The molecule has 0 unspecified atom stereocenters. The number of aryl methyl sites for hydroxylation is 1. The van der Waals surface area contributed by atoms with Gasteiger partial charge in [-0.05, 0) is 39.0 Å². The first-order valence-corrected chi connectivity index (χ1v) is 7.25. The fourth-order valence-electron chi connectivity index (χ4n) is 1.77. The van der Waals surface area contributed by atoms with E-state index in [0.29, 0.717) is 22.2 Å². The Morgan fingerprint density at radius 3 is 2.77 bits per heavy atom. The lowest BCUT2D eigenvalue weighted by Crippen LogP contribution is -2.28. The smallest absolute Gasteiger partial charge is 0.319 e. The molecule has 0 aliphatic rings. The second kappa shape index (κ2) is 7.17. The van der Waals surface area contributed by atoms with Crippen molar-refractivity contribution in [1.29, 1.82) is 0 Å². The number of carbonyl (C=O) groups excluding carboxylic acids is 1. The van der Waals surface area contributed by atoms with Crippen LogP contribution in [0.1, 0.15) is 25.3 Å². The molecule has 0 aliphatic carbocycles. The van der Waals surface area contributed by atoms with Crippen LogP contribution in [0, 0.1) is 6.92 Å². The van der Waals surface area contributed by atoms with E-state index in [0.717, 1.165) is 5.69 Å². The third kappa shape index (κ3) is 4.66. The Bertz CT molecular complexity index is 655. The van der Waals surface area contributed by atoms with Gasteiger partial charge in [0, 0.05) is 11.8 Å². The number of ether oxygens (including phenoxy) is 1. The molecule has 0 aliphatic heterocycles. The summed E-state index contributed by atoms with van der Waals surface area (Å²) < 4.78 is 10.5. The second-order valence-corrected chi connectivity index (χ2v) is 5.46. The van der Waals surface area contributed by atoms with Gasteiger partial charge in [0.15, 0.2) is 5.76 Å². The normalized spacial score (nSPS) is 10.6. The van der Waals surface area contributed by atoms with E-state index in [-0.39, 0.29) is 18.7 Å². The van der Waals surface area contributed by atoms with Gasteiger partial charge in [-0.3, -0.25) is 0 Å². The van der Waals surface area contributed by atoms with Gasteiger partial charge in [0.2, 0.25) is 0 Å². The molecule has 2 N–H and O–H groups in total. The number of hydrogen-bond acceptors (Lipinski definition) is 4. The van der Waals surface area contributed by atoms with Crippen LogP contribution in [-0.4, -0.2) is 17.3 Å². The number of amides is 2. The molecule has 0 radical (unpaired) electrons. The van der Waals surface area contributed by atoms with Crippen LogP contribution < -0.4 is 15.4 Å². The summed E-state index contributed by atoms with van der Waals surface area (Å²) in [7, 11) is 0. The quantitative estimate of drug-likeness (QED) is 0.878. The van der Waals surface area contributed by atoms with Crippen molar-refractivity contribution in [1.82, 2.24) is 10.5 Å². The zero-order valence-electron chi connectivity index (χ0n) is 12.6. The van der Waals surface area contributed by atoms with Gasteiger partial charge < -0.3 is 19.9 Å². The molecule has 22 heavy (non-hydrogen) atoms. The van der Waals surface area contributed by atoms with Crippen LogP contribution in [0.2, 0.25) is 5.02 Å². The lowest BCUT2D eigenvalue weighted by Gasteiger charge is -2.12. The van der Waals surface area contributed by atoms with Crippen LogP contribution in [0.4, 0.5) is 10.5 Å². The van der Waals surface area contributed by atoms with Gasteiger partial charge in [-0.2, -0.15) is 0 Å². The van der Waals surface area contributed by atoms with Gasteiger partial charge in [0.1, 0.15) is 5.75 Å². The second-order valence-electron chi connectivity index (χ2n) is 5.05. The highest BCUT2D eigenvalue weighted by molar-refractivity contribution is 6.32. The minimum atomic E-state index is -0.359. The van der Waals surface area contributed by atoms with E-state index in [1.807, 2.05) is 20.8 Å². The molecule has 0 spiro atoms. The van der Waals surface area contributed by atoms with Crippen LogP contribution in [-0.2, 0) is 6.54 Å². The highest BCUT2D eigenvalue weighted by Gasteiger charge is 2.08. The molecule has 1 heterocycles. The van der Waals surface area contributed by atoms with Gasteiger partial charge in [-0.15, -0.1) is 0 Å². The van der Waals surface area contributed by atoms with Crippen LogP contribution in [0.15, 0.2) is 28.8 Å².